The highest BCUT2D eigenvalue weighted by Crippen LogP contribution is 2.19. The molecule has 7 heteroatoms. The standard InChI is InChI=1S/C12H10F3N3O/c13-12(14,15)11(19)18-9-3-1-2-8(4-9)5-10-6-16-7-17-10/h1-4,6-7H,5H2,(H,16,17)(H,18,19). The lowest BCUT2D eigenvalue weighted by Gasteiger charge is -2.08. The number of hydrogen-bond acceptors (Lipinski definition) is 2. The highest BCUT2D eigenvalue weighted by Gasteiger charge is 2.38. The van der Waals surface area contributed by atoms with E-state index in [1.54, 1.807) is 18.3 Å². The van der Waals surface area contributed by atoms with Crippen LogP contribution < -0.4 is 5.32 Å². The third-order valence-corrected chi connectivity index (χ3v) is 2.38. The number of carbonyl (C=O) groups is 1. The number of amides is 1. The van der Waals surface area contributed by atoms with Crippen LogP contribution in [0.15, 0.2) is 36.8 Å². The molecule has 0 fully saturated rings. The van der Waals surface area contributed by atoms with E-state index in [-0.39, 0.29) is 5.69 Å². The van der Waals surface area contributed by atoms with Crippen LogP contribution >= 0.6 is 0 Å². The summed E-state index contributed by atoms with van der Waals surface area (Å²) < 4.78 is 36.3. The Bertz CT molecular complexity index is 564. The number of nitrogens with one attached hydrogen (secondary N) is 2. The fourth-order valence-electron chi connectivity index (χ4n) is 1.56. The van der Waals surface area contributed by atoms with E-state index in [1.807, 2.05) is 5.32 Å². The highest BCUT2D eigenvalue weighted by molar-refractivity contribution is 5.94. The van der Waals surface area contributed by atoms with E-state index in [0.717, 1.165) is 11.3 Å². The van der Waals surface area contributed by atoms with Gasteiger partial charge in [0.2, 0.25) is 0 Å². The van der Waals surface area contributed by atoms with E-state index in [0.29, 0.717) is 6.42 Å². The van der Waals surface area contributed by atoms with Crippen molar-refractivity contribution >= 4 is 11.6 Å². The van der Waals surface area contributed by atoms with E-state index in [4.69, 9.17) is 0 Å². The average Bonchev–Trinajstić information content (AvgIpc) is 2.81. The normalized spacial score (nSPS) is 11.3. The Kier molecular flexibility index (Phi) is 3.55. The van der Waals surface area contributed by atoms with Crippen molar-refractivity contribution in [2.45, 2.75) is 12.6 Å². The maximum absolute atomic E-state index is 12.1. The minimum absolute atomic E-state index is 0.107. The van der Waals surface area contributed by atoms with Crippen molar-refractivity contribution in [2.24, 2.45) is 0 Å². The van der Waals surface area contributed by atoms with Crippen molar-refractivity contribution in [1.82, 2.24) is 9.97 Å². The summed E-state index contributed by atoms with van der Waals surface area (Å²) in [5, 5.41) is 1.81. The first-order valence-electron chi connectivity index (χ1n) is 5.40. The van der Waals surface area contributed by atoms with Gasteiger partial charge in [0, 0.05) is 18.3 Å². The van der Waals surface area contributed by atoms with Crippen LogP contribution in [0.4, 0.5) is 18.9 Å². The van der Waals surface area contributed by atoms with Gasteiger partial charge in [-0.15, -0.1) is 0 Å². The second-order valence-corrected chi connectivity index (χ2v) is 3.89. The molecule has 2 rings (SSSR count). The monoisotopic (exact) mass is 269 g/mol. The van der Waals surface area contributed by atoms with Crippen molar-refractivity contribution in [3.05, 3.63) is 48.0 Å². The molecule has 0 spiro atoms. The predicted octanol–water partition coefficient (Wildman–Crippen LogP) is 2.50. The minimum atomic E-state index is -4.89. The molecule has 0 aliphatic carbocycles. The maximum atomic E-state index is 12.1. The van der Waals surface area contributed by atoms with Gasteiger partial charge in [-0.1, -0.05) is 12.1 Å². The lowest BCUT2D eigenvalue weighted by molar-refractivity contribution is -0.167. The van der Waals surface area contributed by atoms with Crippen LogP contribution in [-0.2, 0) is 11.2 Å². The van der Waals surface area contributed by atoms with Gasteiger partial charge in [0.1, 0.15) is 0 Å². The number of rotatable bonds is 3. The van der Waals surface area contributed by atoms with Crippen LogP contribution in [0.5, 0.6) is 0 Å². The van der Waals surface area contributed by atoms with Gasteiger partial charge in [-0.05, 0) is 17.7 Å². The summed E-state index contributed by atoms with van der Waals surface area (Å²) in [4.78, 5) is 17.6. The predicted molar refractivity (Wildman–Crippen MR) is 62.5 cm³/mol. The summed E-state index contributed by atoms with van der Waals surface area (Å²) >= 11 is 0. The average molecular weight is 269 g/mol. The van der Waals surface area contributed by atoms with Crippen LogP contribution in [0, 0.1) is 0 Å². The van der Waals surface area contributed by atoms with Gasteiger partial charge in [-0.25, -0.2) is 4.98 Å². The maximum Gasteiger partial charge on any atom is 0.471 e. The van der Waals surface area contributed by atoms with Crippen molar-refractivity contribution in [2.75, 3.05) is 5.32 Å². The summed E-state index contributed by atoms with van der Waals surface area (Å²) in [7, 11) is 0. The second-order valence-electron chi connectivity index (χ2n) is 3.89. The Morgan fingerprint density at radius 2 is 2.16 bits per heavy atom. The number of H-pyrrole nitrogens is 1. The molecule has 2 N–H and O–H groups in total. The van der Waals surface area contributed by atoms with Crippen LogP contribution in [0.1, 0.15) is 11.3 Å². The third kappa shape index (κ3) is 3.57. The summed E-state index contributed by atoms with van der Waals surface area (Å²) in [6, 6.07) is 6.21. The molecule has 0 aliphatic rings. The number of benzene rings is 1. The van der Waals surface area contributed by atoms with Gasteiger partial charge in [-0.3, -0.25) is 4.79 Å². The zero-order valence-electron chi connectivity index (χ0n) is 9.66. The van der Waals surface area contributed by atoms with Gasteiger partial charge >= 0.3 is 12.1 Å². The molecular weight excluding hydrogens is 259 g/mol. The van der Waals surface area contributed by atoms with E-state index < -0.39 is 12.1 Å². The summed E-state index contributed by atoms with van der Waals surface area (Å²) in [6.07, 6.45) is -1.21. The number of aromatic nitrogens is 2. The lowest BCUT2D eigenvalue weighted by atomic mass is 10.1. The molecule has 0 aliphatic heterocycles. The van der Waals surface area contributed by atoms with Crippen LogP contribution in [0.25, 0.3) is 0 Å². The molecule has 100 valence electrons. The van der Waals surface area contributed by atoms with E-state index in [1.165, 1.54) is 18.5 Å². The number of hydrogen-bond donors (Lipinski definition) is 2. The molecule has 2 aromatic rings. The smallest absolute Gasteiger partial charge is 0.351 e. The molecule has 4 nitrogen and oxygen atoms in total. The SMILES string of the molecule is O=C(Nc1cccc(Cc2c[nH]cn2)c1)C(F)(F)F. The topological polar surface area (TPSA) is 57.8 Å². The second kappa shape index (κ2) is 5.13. The van der Waals surface area contributed by atoms with E-state index in [9.17, 15) is 18.0 Å². The number of carbonyl (C=O) groups excluding carboxylic acids is 1. The molecule has 0 bridgehead atoms. The number of imidazole rings is 1. The number of anilines is 1. The van der Waals surface area contributed by atoms with Gasteiger partial charge in [0.05, 0.1) is 12.0 Å². The first-order valence-corrected chi connectivity index (χ1v) is 5.40. The number of aromatic amines is 1. The van der Waals surface area contributed by atoms with Crippen molar-refractivity contribution in [3.63, 3.8) is 0 Å². The zero-order chi connectivity index (χ0) is 13.9. The number of halogens is 3. The largest absolute Gasteiger partial charge is 0.471 e. The van der Waals surface area contributed by atoms with E-state index in [2.05, 4.69) is 9.97 Å². The zero-order valence-corrected chi connectivity index (χ0v) is 9.66. The Morgan fingerprint density at radius 3 is 2.79 bits per heavy atom. The Labute approximate surface area is 106 Å². The Morgan fingerprint density at radius 1 is 1.37 bits per heavy atom. The van der Waals surface area contributed by atoms with Crippen LogP contribution in [-0.4, -0.2) is 22.1 Å². The molecule has 0 atom stereocenters. The fourth-order valence-corrected chi connectivity index (χ4v) is 1.56. The summed E-state index contributed by atoms with van der Waals surface area (Å²) in [5.41, 5.74) is 1.63. The molecule has 1 heterocycles. The summed E-state index contributed by atoms with van der Waals surface area (Å²) in [6.45, 7) is 0. The number of nitrogens with zero attached hydrogens (tertiary/aromatic N) is 1. The van der Waals surface area contributed by atoms with Gasteiger partial charge in [0.25, 0.3) is 0 Å². The van der Waals surface area contributed by atoms with Crippen molar-refractivity contribution in [3.8, 4) is 0 Å². The molecule has 0 unspecified atom stereocenters. The van der Waals surface area contributed by atoms with Crippen LogP contribution in [0.3, 0.4) is 0 Å². The quantitative estimate of drug-likeness (QED) is 0.899. The highest BCUT2D eigenvalue weighted by atomic mass is 19.4. The molecular formula is C12H10F3N3O. The Balaban J connectivity index is 2.09. The van der Waals surface area contributed by atoms with Crippen molar-refractivity contribution in [1.29, 1.82) is 0 Å². The molecule has 1 amide bonds. The molecule has 1 aromatic carbocycles. The third-order valence-electron chi connectivity index (χ3n) is 2.38. The van der Waals surface area contributed by atoms with E-state index >= 15 is 0 Å². The Hall–Kier alpha value is -2.31. The number of alkyl halides is 3. The van der Waals surface area contributed by atoms with Gasteiger partial charge in [0.15, 0.2) is 0 Å². The first-order chi connectivity index (χ1) is 8.95. The van der Waals surface area contributed by atoms with Crippen LogP contribution in [0.2, 0.25) is 0 Å². The summed E-state index contributed by atoms with van der Waals surface area (Å²) in [5.74, 6) is -1.98. The molecule has 1 aromatic heterocycles. The van der Waals surface area contributed by atoms with Gasteiger partial charge in [-0.2, -0.15) is 13.2 Å². The molecule has 19 heavy (non-hydrogen) atoms. The first kappa shape index (κ1) is 13.1. The minimum Gasteiger partial charge on any atom is -0.351 e. The fraction of sp³-hybridized carbons (Fsp3) is 0.167. The molecule has 0 saturated carbocycles. The molecule has 0 radical (unpaired) electrons. The van der Waals surface area contributed by atoms with Gasteiger partial charge < -0.3 is 10.3 Å². The van der Waals surface area contributed by atoms with Crippen molar-refractivity contribution < 1.29 is 18.0 Å². The lowest BCUT2D eigenvalue weighted by Crippen LogP contribution is -2.29. The molecule has 0 saturated heterocycles.